The standard InChI is InChI=1S/C10H9ClO5/c11-7-3-1-2-6(8(7)9(13)14)10(15)16-5-4-12/h1-3,12H,4-5H2,(H,13,14). The van der Waals surface area contributed by atoms with Gasteiger partial charge in [-0.2, -0.15) is 0 Å². The van der Waals surface area contributed by atoms with E-state index in [1.165, 1.54) is 18.2 Å². The van der Waals surface area contributed by atoms with E-state index >= 15 is 0 Å². The smallest absolute Gasteiger partial charge is 0.339 e. The van der Waals surface area contributed by atoms with Crippen LogP contribution in [0.15, 0.2) is 18.2 Å². The lowest BCUT2D eigenvalue weighted by atomic mass is 10.1. The predicted octanol–water partition coefficient (Wildman–Crippen LogP) is 1.19. The van der Waals surface area contributed by atoms with Gasteiger partial charge in [-0.25, -0.2) is 9.59 Å². The number of carboxylic acid groups (broad SMARTS) is 1. The van der Waals surface area contributed by atoms with E-state index in [4.69, 9.17) is 21.8 Å². The summed E-state index contributed by atoms with van der Waals surface area (Å²) in [4.78, 5) is 22.3. The largest absolute Gasteiger partial charge is 0.478 e. The highest BCUT2D eigenvalue weighted by Gasteiger charge is 2.20. The fraction of sp³-hybridized carbons (Fsp3) is 0.200. The Hall–Kier alpha value is -1.59. The van der Waals surface area contributed by atoms with Crippen LogP contribution in [-0.2, 0) is 4.74 Å². The number of esters is 1. The second-order valence-corrected chi connectivity index (χ2v) is 3.23. The van der Waals surface area contributed by atoms with E-state index in [1.807, 2.05) is 0 Å². The second kappa shape index (κ2) is 5.48. The Balaban J connectivity index is 3.08. The van der Waals surface area contributed by atoms with Crippen molar-refractivity contribution in [2.75, 3.05) is 13.2 Å². The summed E-state index contributed by atoms with van der Waals surface area (Å²) >= 11 is 5.66. The molecule has 86 valence electrons. The molecule has 0 amide bonds. The molecule has 0 bridgehead atoms. The molecule has 16 heavy (non-hydrogen) atoms. The molecular formula is C10H9ClO5. The van der Waals surface area contributed by atoms with E-state index in [2.05, 4.69) is 4.74 Å². The van der Waals surface area contributed by atoms with Gasteiger partial charge in [-0.15, -0.1) is 0 Å². The minimum Gasteiger partial charge on any atom is -0.478 e. The SMILES string of the molecule is O=C(OCCO)c1cccc(Cl)c1C(=O)O. The van der Waals surface area contributed by atoms with E-state index in [-0.39, 0.29) is 29.4 Å². The number of halogens is 1. The molecule has 0 spiro atoms. The van der Waals surface area contributed by atoms with Crippen molar-refractivity contribution in [2.45, 2.75) is 0 Å². The number of rotatable bonds is 4. The summed E-state index contributed by atoms with van der Waals surface area (Å²) in [6, 6.07) is 4.12. The third-order valence-corrected chi connectivity index (χ3v) is 2.09. The highest BCUT2D eigenvalue weighted by molar-refractivity contribution is 6.34. The Kier molecular flexibility index (Phi) is 4.28. The molecule has 1 aromatic carbocycles. The number of aromatic carboxylic acids is 1. The first-order valence-electron chi connectivity index (χ1n) is 4.37. The van der Waals surface area contributed by atoms with Gasteiger partial charge in [0, 0.05) is 0 Å². The van der Waals surface area contributed by atoms with Crippen LogP contribution >= 0.6 is 11.6 Å². The van der Waals surface area contributed by atoms with Crippen molar-refractivity contribution in [1.82, 2.24) is 0 Å². The van der Waals surface area contributed by atoms with Crippen LogP contribution < -0.4 is 0 Å². The van der Waals surface area contributed by atoms with Gasteiger partial charge in [0.1, 0.15) is 6.61 Å². The molecule has 0 aliphatic carbocycles. The lowest BCUT2D eigenvalue weighted by Crippen LogP contribution is -2.14. The molecule has 0 radical (unpaired) electrons. The number of carboxylic acids is 1. The van der Waals surface area contributed by atoms with E-state index in [0.717, 1.165) is 0 Å². The zero-order chi connectivity index (χ0) is 12.1. The number of aliphatic hydroxyl groups is 1. The maximum absolute atomic E-state index is 11.4. The molecule has 0 aliphatic rings. The normalized spacial score (nSPS) is 9.88. The zero-order valence-electron chi connectivity index (χ0n) is 8.14. The molecule has 0 heterocycles. The molecule has 1 aromatic rings. The van der Waals surface area contributed by atoms with Gasteiger partial charge in [-0.05, 0) is 12.1 Å². The van der Waals surface area contributed by atoms with Gasteiger partial charge in [0.25, 0.3) is 0 Å². The van der Waals surface area contributed by atoms with Crippen molar-refractivity contribution in [3.05, 3.63) is 34.3 Å². The molecule has 0 saturated carbocycles. The Labute approximate surface area is 96.2 Å². The van der Waals surface area contributed by atoms with E-state index in [0.29, 0.717) is 0 Å². The zero-order valence-corrected chi connectivity index (χ0v) is 8.90. The van der Waals surface area contributed by atoms with E-state index in [9.17, 15) is 9.59 Å². The maximum Gasteiger partial charge on any atom is 0.339 e. The van der Waals surface area contributed by atoms with Crippen LogP contribution in [0.4, 0.5) is 0 Å². The molecule has 0 atom stereocenters. The third-order valence-electron chi connectivity index (χ3n) is 1.77. The molecule has 1 rings (SSSR count). The number of carbonyl (C=O) groups is 2. The maximum atomic E-state index is 11.4. The van der Waals surface area contributed by atoms with Gasteiger partial charge < -0.3 is 14.9 Å². The fourth-order valence-corrected chi connectivity index (χ4v) is 1.38. The molecule has 0 aliphatic heterocycles. The summed E-state index contributed by atoms with van der Waals surface area (Å²) in [6.45, 7) is -0.515. The molecule has 5 nitrogen and oxygen atoms in total. The highest BCUT2D eigenvalue weighted by atomic mass is 35.5. The number of hydrogen-bond acceptors (Lipinski definition) is 4. The topological polar surface area (TPSA) is 83.8 Å². The first-order chi connectivity index (χ1) is 7.57. The first kappa shape index (κ1) is 12.5. The predicted molar refractivity (Wildman–Crippen MR) is 55.8 cm³/mol. The summed E-state index contributed by atoms with van der Waals surface area (Å²) in [5, 5.41) is 17.3. The van der Waals surface area contributed by atoms with Gasteiger partial charge in [0.05, 0.1) is 22.8 Å². The average molecular weight is 245 g/mol. The fourth-order valence-electron chi connectivity index (χ4n) is 1.13. The summed E-state index contributed by atoms with van der Waals surface area (Å²) in [7, 11) is 0. The van der Waals surface area contributed by atoms with Gasteiger partial charge in [0.15, 0.2) is 0 Å². The molecule has 0 unspecified atom stereocenters. The van der Waals surface area contributed by atoms with Crippen LogP contribution in [0, 0.1) is 0 Å². The van der Waals surface area contributed by atoms with Crippen LogP contribution in [0.3, 0.4) is 0 Å². The Bertz CT molecular complexity index is 416. The molecule has 0 fully saturated rings. The average Bonchev–Trinajstić information content (AvgIpc) is 2.24. The van der Waals surface area contributed by atoms with Crippen LogP contribution in [0.1, 0.15) is 20.7 Å². The van der Waals surface area contributed by atoms with Gasteiger partial charge in [-0.1, -0.05) is 17.7 Å². The molecule has 2 N–H and O–H groups in total. The molecule has 0 saturated heterocycles. The first-order valence-corrected chi connectivity index (χ1v) is 4.75. The number of aliphatic hydroxyl groups excluding tert-OH is 1. The molecular weight excluding hydrogens is 236 g/mol. The summed E-state index contributed by atoms with van der Waals surface area (Å²) in [5.74, 6) is -2.13. The summed E-state index contributed by atoms with van der Waals surface area (Å²) < 4.78 is 4.61. The molecule has 0 aromatic heterocycles. The van der Waals surface area contributed by atoms with Crippen LogP contribution in [0.5, 0.6) is 0 Å². The van der Waals surface area contributed by atoms with Crippen LogP contribution in [0.2, 0.25) is 5.02 Å². The van der Waals surface area contributed by atoms with Crippen LogP contribution in [-0.4, -0.2) is 35.4 Å². The third kappa shape index (κ3) is 2.71. The summed E-state index contributed by atoms with van der Waals surface area (Å²) in [5.41, 5.74) is -0.430. The Morgan fingerprint density at radius 2 is 2.06 bits per heavy atom. The van der Waals surface area contributed by atoms with Gasteiger partial charge in [0.2, 0.25) is 0 Å². The van der Waals surface area contributed by atoms with Crippen LogP contribution in [0.25, 0.3) is 0 Å². The van der Waals surface area contributed by atoms with E-state index in [1.54, 1.807) is 0 Å². The number of ether oxygens (including phenoxy) is 1. The Morgan fingerprint density at radius 3 is 2.62 bits per heavy atom. The molecule has 6 heteroatoms. The lowest BCUT2D eigenvalue weighted by molar-refractivity contribution is 0.0426. The van der Waals surface area contributed by atoms with Crippen molar-refractivity contribution in [2.24, 2.45) is 0 Å². The van der Waals surface area contributed by atoms with Gasteiger partial charge in [-0.3, -0.25) is 0 Å². The lowest BCUT2D eigenvalue weighted by Gasteiger charge is -2.07. The van der Waals surface area contributed by atoms with E-state index < -0.39 is 11.9 Å². The number of hydrogen-bond donors (Lipinski definition) is 2. The monoisotopic (exact) mass is 244 g/mol. The highest BCUT2D eigenvalue weighted by Crippen LogP contribution is 2.20. The Morgan fingerprint density at radius 1 is 1.38 bits per heavy atom. The number of benzene rings is 1. The van der Waals surface area contributed by atoms with Gasteiger partial charge >= 0.3 is 11.9 Å². The summed E-state index contributed by atoms with van der Waals surface area (Å²) in [6.07, 6.45) is 0. The van der Waals surface area contributed by atoms with Crippen molar-refractivity contribution in [1.29, 1.82) is 0 Å². The van der Waals surface area contributed by atoms with Crippen molar-refractivity contribution >= 4 is 23.5 Å². The second-order valence-electron chi connectivity index (χ2n) is 2.83. The minimum atomic E-state index is -1.30. The minimum absolute atomic E-state index is 0.0362. The quantitative estimate of drug-likeness (QED) is 0.777. The van der Waals surface area contributed by atoms with Crippen molar-refractivity contribution in [3.63, 3.8) is 0 Å². The van der Waals surface area contributed by atoms with Crippen molar-refractivity contribution < 1.29 is 24.5 Å². The van der Waals surface area contributed by atoms with Crippen molar-refractivity contribution in [3.8, 4) is 0 Å². The number of carbonyl (C=O) groups excluding carboxylic acids is 1.